The zero-order valence-corrected chi connectivity index (χ0v) is 9.36. The molecule has 86 valence electrons. The number of nitrogens with two attached hydrogens (primary N) is 1. The van der Waals surface area contributed by atoms with Gasteiger partial charge in [-0.25, -0.2) is 0 Å². The lowest BCUT2D eigenvalue weighted by Gasteiger charge is -2.03. The second kappa shape index (κ2) is 4.25. The number of rotatable bonds is 2. The summed E-state index contributed by atoms with van der Waals surface area (Å²) in [4.78, 5) is 22.5. The van der Waals surface area contributed by atoms with Crippen LogP contribution in [0.5, 0.6) is 0 Å². The molecule has 0 aliphatic heterocycles. The van der Waals surface area contributed by atoms with Crippen LogP contribution in [-0.4, -0.2) is 18.9 Å². The lowest BCUT2D eigenvalue weighted by Crippen LogP contribution is -2.17. The zero-order valence-electron chi connectivity index (χ0n) is 9.36. The minimum absolute atomic E-state index is 0.133. The first-order valence-electron chi connectivity index (χ1n) is 5.17. The molecule has 0 radical (unpaired) electrons. The molecule has 0 aromatic heterocycles. The van der Waals surface area contributed by atoms with Gasteiger partial charge in [-0.2, -0.15) is 0 Å². The van der Waals surface area contributed by atoms with E-state index in [1.165, 1.54) is 0 Å². The van der Waals surface area contributed by atoms with Gasteiger partial charge in [0.25, 0.3) is 5.91 Å². The predicted molar refractivity (Wildman–Crippen MR) is 65.9 cm³/mol. The van der Waals surface area contributed by atoms with Crippen LogP contribution in [0.4, 0.5) is 0 Å². The van der Waals surface area contributed by atoms with Gasteiger partial charge in [0.05, 0.1) is 0 Å². The fraction of sp³-hybridized carbons (Fsp3) is 0.0769. The number of carbonyl (C=O) groups is 2. The van der Waals surface area contributed by atoms with E-state index in [4.69, 9.17) is 5.73 Å². The van der Waals surface area contributed by atoms with Crippen LogP contribution in [0.1, 0.15) is 20.7 Å². The predicted octanol–water partition coefficient (Wildman–Crippen LogP) is 1.30. The molecule has 0 saturated heterocycles. The molecule has 2 amide bonds. The van der Waals surface area contributed by atoms with Gasteiger partial charge >= 0.3 is 0 Å². The molecule has 0 unspecified atom stereocenters. The van der Waals surface area contributed by atoms with Crippen LogP contribution in [0.25, 0.3) is 10.8 Å². The van der Waals surface area contributed by atoms with Crippen molar-refractivity contribution in [2.75, 3.05) is 7.05 Å². The van der Waals surface area contributed by atoms with E-state index >= 15 is 0 Å². The van der Waals surface area contributed by atoms with Gasteiger partial charge in [0.15, 0.2) is 0 Å². The molecule has 0 aliphatic carbocycles. The van der Waals surface area contributed by atoms with Crippen molar-refractivity contribution in [3.05, 3.63) is 47.5 Å². The summed E-state index contributed by atoms with van der Waals surface area (Å²) >= 11 is 0. The highest BCUT2D eigenvalue weighted by Crippen LogP contribution is 2.17. The van der Waals surface area contributed by atoms with Gasteiger partial charge in [-0.3, -0.25) is 9.59 Å². The average molecular weight is 228 g/mol. The topological polar surface area (TPSA) is 72.2 Å². The normalized spacial score (nSPS) is 10.2. The maximum atomic E-state index is 11.4. The summed E-state index contributed by atoms with van der Waals surface area (Å²) in [5, 5.41) is 4.34. The first-order chi connectivity index (χ1) is 8.11. The highest BCUT2D eigenvalue weighted by Gasteiger charge is 2.05. The molecule has 2 rings (SSSR count). The van der Waals surface area contributed by atoms with Crippen molar-refractivity contribution in [1.29, 1.82) is 0 Å². The van der Waals surface area contributed by atoms with Crippen LogP contribution < -0.4 is 11.1 Å². The highest BCUT2D eigenvalue weighted by atomic mass is 16.1. The second-order valence-corrected chi connectivity index (χ2v) is 3.72. The number of nitrogens with one attached hydrogen (secondary N) is 1. The Hall–Kier alpha value is -2.36. The van der Waals surface area contributed by atoms with Gasteiger partial charge in [0, 0.05) is 18.2 Å². The third-order valence-electron chi connectivity index (χ3n) is 2.61. The Balaban J connectivity index is 2.54. The van der Waals surface area contributed by atoms with Gasteiger partial charge in [-0.1, -0.05) is 12.1 Å². The standard InChI is InChI=1S/C13H12N2O2/c1-15-13(17)11-5-3-8-6-10(12(14)16)4-2-9(8)7-11/h2-7H,1H3,(H2,14,16)(H,15,17). The van der Waals surface area contributed by atoms with Gasteiger partial charge < -0.3 is 11.1 Å². The van der Waals surface area contributed by atoms with Crippen LogP contribution in [-0.2, 0) is 0 Å². The lowest BCUT2D eigenvalue weighted by molar-refractivity contribution is 0.0961. The smallest absolute Gasteiger partial charge is 0.251 e. The van der Waals surface area contributed by atoms with E-state index in [1.54, 1.807) is 43.4 Å². The van der Waals surface area contributed by atoms with E-state index in [1.807, 2.05) is 0 Å². The Morgan fingerprint density at radius 1 is 1.00 bits per heavy atom. The maximum Gasteiger partial charge on any atom is 0.251 e. The monoisotopic (exact) mass is 228 g/mol. The molecule has 2 aromatic carbocycles. The summed E-state index contributed by atoms with van der Waals surface area (Å²) in [6, 6.07) is 10.4. The van der Waals surface area contributed by atoms with Crippen LogP contribution in [0.3, 0.4) is 0 Å². The van der Waals surface area contributed by atoms with Crippen molar-refractivity contribution in [3.63, 3.8) is 0 Å². The van der Waals surface area contributed by atoms with Crippen molar-refractivity contribution >= 4 is 22.6 Å². The van der Waals surface area contributed by atoms with Crippen molar-refractivity contribution in [3.8, 4) is 0 Å². The molecule has 0 spiro atoms. The van der Waals surface area contributed by atoms with Crippen LogP contribution in [0.2, 0.25) is 0 Å². The molecular weight excluding hydrogens is 216 g/mol. The largest absolute Gasteiger partial charge is 0.366 e. The van der Waals surface area contributed by atoms with Gasteiger partial charge in [-0.05, 0) is 35.0 Å². The number of hydrogen-bond acceptors (Lipinski definition) is 2. The number of benzene rings is 2. The van der Waals surface area contributed by atoms with E-state index < -0.39 is 5.91 Å². The fourth-order valence-corrected chi connectivity index (χ4v) is 1.68. The number of fused-ring (bicyclic) bond motifs is 1. The van der Waals surface area contributed by atoms with E-state index in [0.717, 1.165) is 10.8 Å². The van der Waals surface area contributed by atoms with Crippen molar-refractivity contribution in [2.24, 2.45) is 5.73 Å². The zero-order chi connectivity index (χ0) is 12.4. The van der Waals surface area contributed by atoms with E-state index in [9.17, 15) is 9.59 Å². The van der Waals surface area contributed by atoms with Crippen LogP contribution in [0.15, 0.2) is 36.4 Å². The number of amides is 2. The number of primary amides is 1. The minimum Gasteiger partial charge on any atom is -0.366 e. The summed E-state index contributed by atoms with van der Waals surface area (Å²) in [6.07, 6.45) is 0. The van der Waals surface area contributed by atoms with Crippen LogP contribution >= 0.6 is 0 Å². The maximum absolute atomic E-state index is 11.4. The van der Waals surface area contributed by atoms with E-state index in [0.29, 0.717) is 11.1 Å². The van der Waals surface area contributed by atoms with Crippen molar-refractivity contribution in [2.45, 2.75) is 0 Å². The first kappa shape index (κ1) is 11.1. The Morgan fingerprint density at radius 2 is 1.53 bits per heavy atom. The summed E-state index contributed by atoms with van der Waals surface area (Å²) in [5.74, 6) is -0.590. The summed E-state index contributed by atoms with van der Waals surface area (Å²) in [6.45, 7) is 0. The van der Waals surface area contributed by atoms with E-state index in [-0.39, 0.29) is 5.91 Å². The third-order valence-corrected chi connectivity index (χ3v) is 2.61. The summed E-state index contributed by atoms with van der Waals surface area (Å²) < 4.78 is 0. The molecule has 3 N–H and O–H groups in total. The quantitative estimate of drug-likeness (QED) is 0.813. The molecule has 2 aromatic rings. The number of hydrogen-bond donors (Lipinski definition) is 2. The van der Waals surface area contributed by atoms with Crippen molar-refractivity contribution < 1.29 is 9.59 Å². The summed E-state index contributed by atoms with van der Waals surface area (Å²) in [7, 11) is 1.59. The molecular formula is C13H12N2O2. The van der Waals surface area contributed by atoms with E-state index in [2.05, 4.69) is 5.32 Å². The fourth-order valence-electron chi connectivity index (χ4n) is 1.68. The Morgan fingerprint density at radius 3 is 2.06 bits per heavy atom. The second-order valence-electron chi connectivity index (χ2n) is 3.72. The molecule has 0 aliphatic rings. The molecule has 0 heterocycles. The summed E-state index contributed by atoms with van der Waals surface area (Å²) in [5.41, 5.74) is 6.25. The molecule has 0 fully saturated rings. The van der Waals surface area contributed by atoms with Crippen molar-refractivity contribution in [1.82, 2.24) is 5.32 Å². The first-order valence-corrected chi connectivity index (χ1v) is 5.17. The molecule has 0 atom stereocenters. The molecule has 0 bridgehead atoms. The Kier molecular flexibility index (Phi) is 2.78. The molecule has 4 heteroatoms. The molecule has 4 nitrogen and oxygen atoms in total. The SMILES string of the molecule is CNC(=O)c1ccc2cc(C(N)=O)ccc2c1. The third kappa shape index (κ3) is 2.10. The number of carbonyl (C=O) groups excluding carboxylic acids is 2. The highest BCUT2D eigenvalue weighted by molar-refractivity contribution is 6.01. The minimum atomic E-state index is -0.456. The Bertz CT molecular complexity index is 605. The van der Waals surface area contributed by atoms with Gasteiger partial charge in [0.2, 0.25) is 5.91 Å². The Labute approximate surface area is 98.4 Å². The lowest BCUT2D eigenvalue weighted by atomic mass is 10.0. The van der Waals surface area contributed by atoms with Gasteiger partial charge in [-0.15, -0.1) is 0 Å². The molecule has 17 heavy (non-hydrogen) atoms. The van der Waals surface area contributed by atoms with Crippen LogP contribution in [0, 0.1) is 0 Å². The van der Waals surface area contributed by atoms with Gasteiger partial charge in [0.1, 0.15) is 0 Å². The molecule has 0 saturated carbocycles. The average Bonchev–Trinajstić information content (AvgIpc) is 2.36.